The summed E-state index contributed by atoms with van der Waals surface area (Å²) in [5.41, 5.74) is -1.43. The highest BCUT2D eigenvalue weighted by atomic mass is 19.4. The Kier molecular flexibility index (Phi) is 11.8. The van der Waals surface area contributed by atoms with E-state index in [4.69, 9.17) is 0 Å². The highest BCUT2D eigenvalue weighted by molar-refractivity contribution is 5.31. The Morgan fingerprint density at radius 3 is 1.67 bits per heavy atom. The summed E-state index contributed by atoms with van der Waals surface area (Å²) in [6, 6.07) is 1.78. The fraction of sp³-hybridized carbons (Fsp3) is 0.742. The standard InChI is InChI=1S/C31H45F5/c1-2-3-4-5-6-7-8-9-10-23-11-13-24(14-12-23)15-16-25-17-19-26(20-18-25)27-21-28(32)30(29(33)22-27)31(34,35)36/h15-16,21-26H,2-14,17-20H2,1H3/b16-15+/t23-,24-,25-,26-. The molecule has 0 heterocycles. The van der Waals surface area contributed by atoms with Crippen LogP contribution in [0.4, 0.5) is 22.0 Å². The van der Waals surface area contributed by atoms with Crippen LogP contribution in [0.5, 0.6) is 0 Å². The third-order valence-electron chi connectivity index (χ3n) is 8.60. The molecule has 36 heavy (non-hydrogen) atoms. The lowest BCUT2D eigenvalue weighted by atomic mass is 9.76. The van der Waals surface area contributed by atoms with Crippen molar-refractivity contribution in [2.24, 2.45) is 17.8 Å². The van der Waals surface area contributed by atoms with Gasteiger partial charge in [0.15, 0.2) is 0 Å². The number of halogens is 5. The van der Waals surface area contributed by atoms with Gasteiger partial charge in [0.2, 0.25) is 0 Å². The summed E-state index contributed by atoms with van der Waals surface area (Å²) in [6.07, 6.45) is 20.7. The van der Waals surface area contributed by atoms with E-state index in [1.807, 2.05) is 0 Å². The van der Waals surface area contributed by atoms with Gasteiger partial charge >= 0.3 is 6.18 Å². The predicted octanol–water partition coefficient (Wildman–Crippen LogP) is 11.2. The molecule has 2 aliphatic carbocycles. The van der Waals surface area contributed by atoms with Gasteiger partial charge in [-0.3, -0.25) is 0 Å². The molecule has 3 rings (SSSR count). The summed E-state index contributed by atoms with van der Waals surface area (Å²) in [6.45, 7) is 2.26. The van der Waals surface area contributed by atoms with Crippen LogP contribution in [0.2, 0.25) is 0 Å². The second-order valence-corrected chi connectivity index (χ2v) is 11.4. The van der Waals surface area contributed by atoms with Gasteiger partial charge in [0.25, 0.3) is 0 Å². The molecule has 0 unspecified atom stereocenters. The molecule has 2 saturated carbocycles. The van der Waals surface area contributed by atoms with Crippen LogP contribution in [0.25, 0.3) is 0 Å². The van der Waals surface area contributed by atoms with E-state index in [0.29, 0.717) is 17.4 Å². The van der Waals surface area contributed by atoms with Crippen molar-refractivity contribution in [2.45, 2.75) is 128 Å². The maximum Gasteiger partial charge on any atom is 0.422 e. The molecule has 0 nitrogen and oxygen atoms in total. The normalized spacial score (nSPS) is 25.5. The molecule has 0 bridgehead atoms. The van der Waals surface area contributed by atoms with E-state index >= 15 is 0 Å². The van der Waals surface area contributed by atoms with Crippen LogP contribution in [0, 0.1) is 29.4 Å². The summed E-state index contributed by atoms with van der Waals surface area (Å²) in [5, 5.41) is 0. The van der Waals surface area contributed by atoms with Crippen LogP contribution in [0.15, 0.2) is 24.3 Å². The number of unbranched alkanes of at least 4 members (excludes halogenated alkanes) is 7. The third-order valence-corrected chi connectivity index (χ3v) is 8.60. The summed E-state index contributed by atoms with van der Waals surface area (Å²) >= 11 is 0. The predicted molar refractivity (Wildman–Crippen MR) is 138 cm³/mol. The van der Waals surface area contributed by atoms with Crippen molar-refractivity contribution in [1.82, 2.24) is 0 Å². The Balaban J connectivity index is 1.32. The first-order valence-corrected chi connectivity index (χ1v) is 14.5. The lowest BCUT2D eigenvalue weighted by molar-refractivity contribution is -0.142. The molecule has 1 aromatic rings. The van der Waals surface area contributed by atoms with E-state index in [9.17, 15) is 22.0 Å². The number of hydrogen-bond donors (Lipinski definition) is 0. The van der Waals surface area contributed by atoms with Crippen molar-refractivity contribution in [3.05, 3.63) is 47.0 Å². The molecule has 0 N–H and O–H groups in total. The molecule has 0 amide bonds. The van der Waals surface area contributed by atoms with Crippen molar-refractivity contribution >= 4 is 0 Å². The minimum atomic E-state index is -5.01. The fourth-order valence-electron chi connectivity index (χ4n) is 6.29. The van der Waals surface area contributed by atoms with Crippen LogP contribution in [-0.2, 0) is 6.18 Å². The van der Waals surface area contributed by atoms with E-state index in [1.54, 1.807) is 0 Å². The van der Waals surface area contributed by atoms with Gasteiger partial charge in [-0.05, 0) is 92.7 Å². The average molecular weight is 513 g/mol. The largest absolute Gasteiger partial charge is 0.422 e. The maximum atomic E-state index is 14.0. The zero-order chi connectivity index (χ0) is 26.0. The second kappa shape index (κ2) is 14.5. The van der Waals surface area contributed by atoms with Gasteiger partial charge in [-0.1, -0.05) is 76.9 Å². The van der Waals surface area contributed by atoms with E-state index < -0.39 is 23.4 Å². The maximum absolute atomic E-state index is 14.0. The molecular weight excluding hydrogens is 467 g/mol. The molecule has 0 atom stereocenters. The number of alkyl halides is 3. The molecule has 0 spiro atoms. The first-order valence-electron chi connectivity index (χ1n) is 14.5. The topological polar surface area (TPSA) is 0 Å². The van der Waals surface area contributed by atoms with Crippen molar-refractivity contribution in [1.29, 1.82) is 0 Å². The van der Waals surface area contributed by atoms with Gasteiger partial charge in [-0.2, -0.15) is 13.2 Å². The van der Waals surface area contributed by atoms with Crippen LogP contribution in [0.3, 0.4) is 0 Å². The smallest absolute Gasteiger partial charge is 0.206 e. The van der Waals surface area contributed by atoms with Crippen molar-refractivity contribution in [2.75, 3.05) is 0 Å². The van der Waals surface area contributed by atoms with Gasteiger partial charge in [-0.15, -0.1) is 0 Å². The van der Waals surface area contributed by atoms with Crippen molar-refractivity contribution in [3.63, 3.8) is 0 Å². The first kappa shape index (κ1) is 29.2. The Hall–Kier alpha value is -1.39. The summed E-state index contributed by atoms with van der Waals surface area (Å²) in [7, 11) is 0. The highest BCUT2D eigenvalue weighted by Crippen LogP contribution is 2.40. The van der Waals surface area contributed by atoms with Crippen LogP contribution in [0.1, 0.15) is 133 Å². The van der Waals surface area contributed by atoms with Gasteiger partial charge in [0.05, 0.1) is 0 Å². The summed E-state index contributed by atoms with van der Waals surface area (Å²) < 4.78 is 66.5. The Morgan fingerprint density at radius 2 is 1.17 bits per heavy atom. The van der Waals surface area contributed by atoms with Gasteiger partial charge in [0, 0.05) is 0 Å². The van der Waals surface area contributed by atoms with Gasteiger partial charge in [0.1, 0.15) is 17.2 Å². The molecule has 5 heteroatoms. The lowest BCUT2D eigenvalue weighted by Gasteiger charge is -2.29. The average Bonchev–Trinajstić information content (AvgIpc) is 2.84. The number of rotatable bonds is 12. The molecule has 2 fully saturated rings. The number of hydrogen-bond acceptors (Lipinski definition) is 0. The zero-order valence-corrected chi connectivity index (χ0v) is 22.0. The van der Waals surface area contributed by atoms with Crippen molar-refractivity contribution in [3.8, 4) is 0 Å². The lowest BCUT2D eigenvalue weighted by Crippen LogP contribution is -2.16. The van der Waals surface area contributed by atoms with Gasteiger partial charge < -0.3 is 0 Å². The molecule has 0 aromatic heterocycles. The van der Waals surface area contributed by atoms with E-state index in [2.05, 4.69) is 19.1 Å². The van der Waals surface area contributed by atoms with Crippen LogP contribution in [-0.4, -0.2) is 0 Å². The molecule has 204 valence electrons. The van der Waals surface area contributed by atoms with Crippen molar-refractivity contribution < 1.29 is 22.0 Å². The second-order valence-electron chi connectivity index (χ2n) is 11.4. The molecule has 0 radical (unpaired) electrons. The number of allylic oxidation sites excluding steroid dienone is 2. The van der Waals surface area contributed by atoms with Crippen LogP contribution >= 0.6 is 0 Å². The Morgan fingerprint density at radius 1 is 0.694 bits per heavy atom. The fourth-order valence-corrected chi connectivity index (χ4v) is 6.29. The molecule has 0 saturated heterocycles. The summed E-state index contributed by atoms with van der Waals surface area (Å²) in [4.78, 5) is 0. The summed E-state index contributed by atoms with van der Waals surface area (Å²) in [5.74, 6) is -1.06. The van der Waals surface area contributed by atoms with Crippen LogP contribution < -0.4 is 0 Å². The quantitative estimate of drug-likeness (QED) is 0.148. The van der Waals surface area contributed by atoms with E-state index in [0.717, 1.165) is 43.7 Å². The molecular formula is C31H45F5. The SMILES string of the molecule is CCCCCCCCCC[C@H]1CC[C@H](/C=C/[C@H]2CC[C@H](c3cc(F)c(C(F)(F)F)c(F)c3)CC2)CC1. The minimum Gasteiger partial charge on any atom is -0.206 e. The first-order chi connectivity index (χ1) is 17.3. The minimum absolute atomic E-state index is 0.0762. The van der Waals surface area contributed by atoms with E-state index in [1.165, 1.54) is 83.5 Å². The molecule has 2 aliphatic rings. The number of benzene rings is 1. The monoisotopic (exact) mass is 512 g/mol. The highest BCUT2D eigenvalue weighted by Gasteiger charge is 2.38. The Bertz CT molecular complexity index is 773. The zero-order valence-electron chi connectivity index (χ0n) is 22.0. The Labute approximate surface area is 215 Å². The van der Waals surface area contributed by atoms with Gasteiger partial charge in [-0.25, -0.2) is 8.78 Å². The molecule has 0 aliphatic heterocycles. The van der Waals surface area contributed by atoms with E-state index in [-0.39, 0.29) is 5.92 Å². The molecule has 1 aromatic carbocycles. The third kappa shape index (κ3) is 9.17.